The third kappa shape index (κ3) is 54.8. The molecule has 0 amide bonds. The molecule has 0 bridgehead atoms. The maximum Gasteiger partial charge on any atom is 0.116 e. The van der Waals surface area contributed by atoms with Crippen LogP contribution in [0.4, 0.5) is 0 Å². The fourth-order valence-electron chi connectivity index (χ4n) is 1.18. The molecule has 0 aromatic rings. The third-order valence-electron chi connectivity index (χ3n) is 2.19. The first-order valence-electron chi connectivity index (χ1n) is 8.71. The van der Waals surface area contributed by atoms with Crippen LogP contribution in [0.3, 0.4) is 0 Å². The van der Waals surface area contributed by atoms with Gasteiger partial charge in [0.1, 0.15) is 6.29 Å². The van der Waals surface area contributed by atoms with E-state index in [9.17, 15) is 0 Å². The lowest BCUT2D eigenvalue weighted by Gasteiger charge is -1.94. The van der Waals surface area contributed by atoms with Crippen molar-refractivity contribution in [1.29, 1.82) is 0 Å². The van der Waals surface area contributed by atoms with Gasteiger partial charge in [-0.05, 0) is 25.3 Å². The molecule has 2 heteroatoms. The minimum atomic E-state index is 0.750. The van der Waals surface area contributed by atoms with Crippen LogP contribution in [0.1, 0.15) is 93.4 Å². The Labute approximate surface area is 135 Å². The number of aldehydes is 1. The number of rotatable bonds is 8. The number of unbranched alkanes of at least 4 members (excludes halogenated alkanes) is 3. The topological polar surface area (TPSA) is 29.4 Å². The Morgan fingerprint density at radius 2 is 1.38 bits per heavy atom. The summed E-state index contributed by atoms with van der Waals surface area (Å²) in [6, 6.07) is 0. The second-order valence-electron chi connectivity index (χ2n) is 4.39. The summed E-state index contributed by atoms with van der Waals surface area (Å²) >= 11 is 0. The number of nitrogens with zero attached hydrogens (tertiary/aromatic N) is 1. The third-order valence-corrected chi connectivity index (χ3v) is 2.19. The molecule has 0 saturated carbocycles. The van der Waals surface area contributed by atoms with Crippen molar-refractivity contribution in [3.05, 3.63) is 12.2 Å². The molecule has 0 aliphatic rings. The molecule has 0 radical (unpaired) electrons. The van der Waals surface area contributed by atoms with Crippen molar-refractivity contribution < 1.29 is 4.79 Å². The van der Waals surface area contributed by atoms with Crippen LogP contribution in [0.25, 0.3) is 0 Å². The smallest absolute Gasteiger partial charge is 0.116 e. The van der Waals surface area contributed by atoms with Gasteiger partial charge in [-0.15, -0.1) is 0 Å². The Morgan fingerprint density at radius 1 is 0.952 bits per heavy atom. The molecule has 0 aliphatic carbocycles. The molecule has 0 atom stereocenters. The fourth-order valence-corrected chi connectivity index (χ4v) is 1.18. The minimum Gasteiger partial charge on any atom is -0.304 e. The fraction of sp³-hybridized carbons (Fsp3) is 0.789. The van der Waals surface area contributed by atoms with Gasteiger partial charge in [0.2, 0.25) is 0 Å². The molecule has 0 rings (SSSR count). The molecule has 0 N–H and O–H groups in total. The molecule has 0 fully saturated rings. The van der Waals surface area contributed by atoms with Crippen molar-refractivity contribution in [3.63, 3.8) is 0 Å². The highest BCUT2D eigenvalue weighted by Gasteiger charge is 1.85. The van der Waals surface area contributed by atoms with E-state index in [4.69, 9.17) is 4.79 Å². The number of carbonyl (C=O) groups is 1. The Kier molecular flexibility index (Phi) is 49.1. The zero-order chi connectivity index (χ0) is 17.4. The van der Waals surface area contributed by atoms with Crippen molar-refractivity contribution in [2.45, 2.75) is 93.4 Å². The van der Waals surface area contributed by atoms with Crippen molar-refractivity contribution >= 4 is 12.5 Å². The van der Waals surface area contributed by atoms with Crippen molar-refractivity contribution in [1.82, 2.24) is 0 Å². The molecule has 2 nitrogen and oxygen atoms in total. The zero-order valence-corrected chi connectivity index (χ0v) is 15.9. The van der Waals surface area contributed by atoms with Crippen LogP contribution in [0.5, 0.6) is 0 Å². The zero-order valence-electron chi connectivity index (χ0n) is 15.9. The van der Waals surface area contributed by atoms with Gasteiger partial charge in [-0.2, -0.15) is 0 Å². The van der Waals surface area contributed by atoms with Crippen LogP contribution in [0.2, 0.25) is 0 Å². The average molecular weight is 300 g/mol. The SMILES string of the molecule is C=C(C=NCCCC)CCC.CC.CC=O.CCCCC. The van der Waals surface area contributed by atoms with Crippen LogP contribution >= 0.6 is 0 Å². The van der Waals surface area contributed by atoms with Crippen LogP contribution in [0.15, 0.2) is 17.1 Å². The van der Waals surface area contributed by atoms with Crippen LogP contribution < -0.4 is 0 Å². The summed E-state index contributed by atoms with van der Waals surface area (Å²) in [5, 5.41) is 0. The molecule has 0 unspecified atom stereocenters. The van der Waals surface area contributed by atoms with Crippen LogP contribution in [-0.2, 0) is 4.79 Å². The van der Waals surface area contributed by atoms with Gasteiger partial charge in [-0.3, -0.25) is 4.99 Å². The van der Waals surface area contributed by atoms with E-state index in [0.717, 1.165) is 24.8 Å². The standard InChI is InChI=1S/C10H19N.C5H12.C2H4O.C2H6/c1-4-6-8-11-9-10(3)7-5-2;1-3-5-4-2;1-2-3;1-2/h9H,3-8H2,1-2H3;3-5H2,1-2H3;2H,1H3;1-2H3. The lowest BCUT2D eigenvalue weighted by molar-refractivity contribution is -0.106. The predicted octanol–water partition coefficient (Wildman–Crippen LogP) is 6.64. The summed E-state index contributed by atoms with van der Waals surface area (Å²) in [7, 11) is 0. The van der Waals surface area contributed by atoms with Gasteiger partial charge in [0, 0.05) is 12.8 Å². The second kappa shape index (κ2) is 36.5. The highest BCUT2D eigenvalue weighted by molar-refractivity contribution is 5.77. The van der Waals surface area contributed by atoms with Gasteiger partial charge >= 0.3 is 0 Å². The van der Waals surface area contributed by atoms with E-state index >= 15 is 0 Å². The minimum absolute atomic E-state index is 0.750. The predicted molar refractivity (Wildman–Crippen MR) is 101 cm³/mol. The van der Waals surface area contributed by atoms with Gasteiger partial charge in [0.15, 0.2) is 0 Å². The Balaban J connectivity index is -0.000000120. The first-order valence-corrected chi connectivity index (χ1v) is 8.71. The number of aliphatic imine (C=N–C) groups is 1. The molecule has 0 saturated heterocycles. The number of allylic oxidation sites excluding steroid dienone is 1. The van der Waals surface area contributed by atoms with Crippen molar-refractivity contribution in [2.75, 3.05) is 6.54 Å². The quantitative estimate of drug-likeness (QED) is 0.280. The van der Waals surface area contributed by atoms with E-state index < -0.39 is 0 Å². The van der Waals surface area contributed by atoms with E-state index in [1.807, 2.05) is 20.1 Å². The lowest BCUT2D eigenvalue weighted by Crippen LogP contribution is -1.84. The average Bonchev–Trinajstić information content (AvgIpc) is 2.48. The Bertz CT molecular complexity index is 196. The number of hydrogen-bond donors (Lipinski definition) is 0. The van der Waals surface area contributed by atoms with Crippen molar-refractivity contribution in [2.24, 2.45) is 4.99 Å². The molecule has 0 spiro atoms. The molecule has 128 valence electrons. The van der Waals surface area contributed by atoms with Gasteiger partial charge < -0.3 is 4.79 Å². The van der Waals surface area contributed by atoms with Crippen LogP contribution in [0, 0.1) is 0 Å². The maximum absolute atomic E-state index is 8.81. The lowest BCUT2D eigenvalue weighted by atomic mass is 10.2. The van der Waals surface area contributed by atoms with Crippen LogP contribution in [-0.4, -0.2) is 19.0 Å². The Morgan fingerprint density at radius 3 is 1.67 bits per heavy atom. The second-order valence-corrected chi connectivity index (χ2v) is 4.39. The van der Waals surface area contributed by atoms with E-state index in [1.54, 1.807) is 0 Å². The summed E-state index contributed by atoms with van der Waals surface area (Å²) in [4.78, 5) is 13.1. The summed E-state index contributed by atoms with van der Waals surface area (Å²) in [5.41, 5.74) is 1.16. The molecule has 0 aliphatic heterocycles. The monoisotopic (exact) mass is 299 g/mol. The summed E-state index contributed by atoms with van der Waals surface area (Å²) in [5.74, 6) is 0. The summed E-state index contributed by atoms with van der Waals surface area (Å²) < 4.78 is 0. The van der Waals surface area contributed by atoms with E-state index in [-0.39, 0.29) is 0 Å². The summed E-state index contributed by atoms with van der Waals surface area (Å²) in [6.07, 6.45) is 11.4. The van der Waals surface area contributed by atoms with Gasteiger partial charge in [0.05, 0.1) is 0 Å². The molecule has 21 heavy (non-hydrogen) atoms. The summed E-state index contributed by atoms with van der Waals surface area (Å²) in [6.45, 7) is 19.1. The van der Waals surface area contributed by atoms with Gasteiger partial charge in [0.25, 0.3) is 0 Å². The molecule has 0 heterocycles. The number of carbonyl (C=O) groups excluding carboxylic acids is 1. The largest absolute Gasteiger partial charge is 0.304 e. The van der Waals surface area contributed by atoms with Gasteiger partial charge in [-0.1, -0.05) is 80.2 Å². The maximum atomic E-state index is 8.81. The van der Waals surface area contributed by atoms with E-state index in [1.165, 1.54) is 45.4 Å². The molecular weight excluding hydrogens is 258 g/mol. The first-order chi connectivity index (χ1) is 10.1. The first kappa shape index (κ1) is 28.3. The molecule has 0 aromatic carbocycles. The highest BCUT2D eigenvalue weighted by atomic mass is 16.1. The highest BCUT2D eigenvalue weighted by Crippen LogP contribution is 1.98. The van der Waals surface area contributed by atoms with E-state index in [0.29, 0.717) is 0 Å². The normalized spacial score (nSPS) is 8.52. The Hall–Kier alpha value is -0.920. The number of hydrogen-bond acceptors (Lipinski definition) is 2. The van der Waals surface area contributed by atoms with E-state index in [2.05, 4.69) is 39.3 Å². The van der Waals surface area contributed by atoms with Gasteiger partial charge in [-0.25, -0.2) is 0 Å². The molecular formula is C19H41NO. The van der Waals surface area contributed by atoms with Crippen molar-refractivity contribution in [3.8, 4) is 0 Å². The molecule has 0 aromatic heterocycles.